The van der Waals surface area contributed by atoms with Crippen LogP contribution in [0.4, 0.5) is 0 Å². The summed E-state index contributed by atoms with van der Waals surface area (Å²) in [6.45, 7) is 0. The van der Waals surface area contributed by atoms with Gasteiger partial charge in [-0.3, -0.25) is 0 Å². The Balaban J connectivity index is 2.02. The van der Waals surface area contributed by atoms with Crippen molar-refractivity contribution >= 4 is 22.7 Å². The van der Waals surface area contributed by atoms with Gasteiger partial charge in [-0.25, -0.2) is 0 Å². The molecule has 1 nitrogen and oxygen atoms in total. The van der Waals surface area contributed by atoms with Gasteiger partial charge in [0, 0.05) is 15.8 Å². The Labute approximate surface area is 95.6 Å². The Morgan fingerprint density at radius 2 is 2.00 bits per heavy atom. The van der Waals surface area contributed by atoms with E-state index in [2.05, 4.69) is 29.0 Å². The Kier molecular flexibility index (Phi) is 2.19. The minimum atomic E-state index is 0.947. The summed E-state index contributed by atoms with van der Waals surface area (Å²) in [4.78, 5) is 2.49. The van der Waals surface area contributed by atoms with Crippen LogP contribution in [0.1, 0.15) is 0 Å². The summed E-state index contributed by atoms with van der Waals surface area (Å²) in [6.07, 6.45) is 1.71. The van der Waals surface area contributed by atoms with Crippen LogP contribution in [-0.4, -0.2) is 0 Å². The zero-order valence-electron chi connectivity index (χ0n) is 7.84. The van der Waals surface area contributed by atoms with E-state index in [1.54, 1.807) is 28.9 Å². The van der Waals surface area contributed by atoms with Crippen LogP contribution in [0.5, 0.6) is 0 Å². The quantitative estimate of drug-likeness (QED) is 0.622. The normalized spacial score (nSPS) is 10.7. The molecular formula is C12H8OS2. The van der Waals surface area contributed by atoms with Crippen molar-refractivity contribution in [3.8, 4) is 21.1 Å². The van der Waals surface area contributed by atoms with Gasteiger partial charge in [-0.1, -0.05) is 6.07 Å². The molecule has 0 N–H and O–H groups in total. The second-order valence-electron chi connectivity index (χ2n) is 3.15. The molecule has 3 aromatic heterocycles. The van der Waals surface area contributed by atoms with E-state index in [1.807, 2.05) is 12.1 Å². The van der Waals surface area contributed by atoms with E-state index in [4.69, 9.17) is 4.42 Å². The lowest BCUT2D eigenvalue weighted by atomic mass is 10.2. The topological polar surface area (TPSA) is 13.1 Å². The van der Waals surface area contributed by atoms with Gasteiger partial charge in [-0.05, 0) is 29.6 Å². The highest BCUT2D eigenvalue weighted by molar-refractivity contribution is 7.16. The minimum absolute atomic E-state index is 0.947. The first kappa shape index (κ1) is 8.95. The Bertz CT molecular complexity index is 483. The van der Waals surface area contributed by atoms with Crippen molar-refractivity contribution in [2.45, 2.75) is 0 Å². The summed E-state index contributed by atoms with van der Waals surface area (Å²) in [6, 6.07) is 10.3. The largest absolute Gasteiger partial charge is 0.464 e. The predicted molar refractivity (Wildman–Crippen MR) is 65.3 cm³/mol. The molecular weight excluding hydrogens is 224 g/mol. The zero-order chi connectivity index (χ0) is 10.1. The average Bonchev–Trinajstić information content (AvgIpc) is 3.02. The molecule has 0 bridgehead atoms. The second-order valence-corrected chi connectivity index (χ2v) is 5.01. The molecule has 0 radical (unpaired) electrons. The highest BCUT2D eigenvalue weighted by Crippen LogP contribution is 2.34. The van der Waals surface area contributed by atoms with Crippen LogP contribution in [-0.2, 0) is 0 Å². The maximum atomic E-state index is 5.36. The average molecular weight is 232 g/mol. The molecule has 0 atom stereocenters. The molecule has 0 saturated heterocycles. The van der Waals surface area contributed by atoms with Crippen LogP contribution in [0.3, 0.4) is 0 Å². The smallest absolute Gasteiger partial charge is 0.143 e. The monoisotopic (exact) mass is 232 g/mol. The molecule has 3 heterocycles. The summed E-state index contributed by atoms with van der Waals surface area (Å²) < 4.78 is 5.36. The van der Waals surface area contributed by atoms with E-state index >= 15 is 0 Å². The van der Waals surface area contributed by atoms with E-state index in [9.17, 15) is 0 Å². The third-order valence-corrected chi connectivity index (χ3v) is 4.03. The Hall–Kier alpha value is -1.32. The fraction of sp³-hybridized carbons (Fsp3) is 0. The summed E-state index contributed by atoms with van der Waals surface area (Å²) in [5.74, 6) is 0.947. The van der Waals surface area contributed by atoms with E-state index in [0.717, 1.165) is 5.76 Å². The molecule has 0 fully saturated rings. The lowest BCUT2D eigenvalue weighted by Gasteiger charge is -1.89. The van der Waals surface area contributed by atoms with E-state index in [1.165, 1.54) is 15.3 Å². The Morgan fingerprint density at radius 3 is 2.73 bits per heavy atom. The third-order valence-electron chi connectivity index (χ3n) is 2.17. The van der Waals surface area contributed by atoms with Gasteiger partial charge in [0.1, 0.15) is 5.76 Å². The molecule has 0 aliphatic rings. The summed E-state index contributed by atoms with van der Waals surface area (Å²) in [5.41, 5.74) is 1.28. The Morgan fingerprint density at radius 1 is 1.00 bits per heavy atom. The van der Waals surface area contributed by atoms with Crippen molar-refractivity contribution in [2.24, 2.45) is 0 Å². The number of thiophene rings is 2. The maximum absolute atomic E-state index is 5.36. The van der Waals surface area contributed by atoms with Gasteiger partial charge in [-0.2, -0.15) is 0 Å². The lowest BCUT2D eigenvalue weighted by Crippen LogP contribution is -1.63. The number of furan rings is 1. The van der Waals surface area contributed by atoms with Crippen molar-refractivity contribution in [3.05, 3.63) is 47.4 Å². The van der Waals surface area contributed by atoms with Crippen molar-refractivity contribution in [3.63, 3.8) is 0 Å². The lowest BCUT2D eigenvalue weighted by molar-refractivity contribution is 0.584. The van der Waals surface area contributed by atoms with E-state index < -0.39 is 0 Å². The standard InChI is InChI=1S/C12H8OS2/c1-3-10(13-5-1)12-7-9(8-15-12)11-4-2-6-14-11/h1-8H. The molecule has 0 spiro atoms. The van der Waals surface area contributed by atoms with Crippen molar-refractivity contribution < 1.29 is 4.42 Å². The fourth-order valence-electron chi connectivity index (χ4n) is 1.46. The molecule has 3 heteroatoms. The maximum Gasteiger partial charge on any atom is 0.143 e. The summed E-state index contributed by atoms with van der Waals surface area (Å²) in [7, 11) is 0. The number of hydrogen-bond donors (Lipinski definition) is 0. The van der Waals surface area contributed by atoms with Gasteiger partial charge in [0.15, 0.2) is 0 Å². The first-order valence-electron chi connectivity index (χ1n) is 4.60. The highest BCUT2D eigenvalue weighted by Gasteiger charge is 2.06. The van der Waals surface area contributed by atoms with Crippen LogP contribution in [0.25, 0.3) is 21.1 Å². The van der Waals surface area contributed by atoms with Crippen molar-refractivity contribution in [2.75, 3.05) is 0 Å². The number of rotatable bonds is 2. The molecule has 0 saturated carbocycles. The SMILES string of the molecule is c1coc(-c2cc(-c3cccs3)cs2)c1. The molecule has 0 aromatic carbocycles. The molecule has 15 heavy (non-hydrogen) atoms. The molecule has 3 aromatic rings. The van der Waals surface area contributed by atoms with Gasteiger partial charge >= 0.3 is 0 Å². The summed E-state index contributed by atoms with van der Waals surface area (Å²) >= 11 is 3.48. The number of hydrogen-bond acceptors (Lipinski definition) is 3. The van der Waals surface area contributed by atoms with E-state index in [0.29, 0.717) is 0 Å². The van der Waals surface area contributed by atoms with Gasteiger partial charge in [0.05, 0.1) is 11.1 Å². The molecule has 0 aliphatic heterocycles. The first-order chi connectivity index (χ1) is 7.43. The van der Waals surface area contributed by atoms with Crippen molar-refractivity contribution in [1.29, 1.82) is 0 Å². The highest BCUT2D eigenvalue weighted by atomic mass is 32.1. The summed E-state index contributed by atoms with van der Waals surface area (Å²) in [5, 5.41) is 4.27. The van der Waals surface area contributed by atoms with Gasteiger partial charge in [-0.15, -0.1) is 22.7 Å². The van der Waals surface area contributed by atoms with Crippen molar-refractivity contribution in [1.82, 2.24) is 0 Å². The van der Waals surface area contributed by atoms with Crippen LogP contribution in [0, 0.1) is 0 Å². The molecule has 0 unspecified atom stereocenters. The van der Waals surface area contributed by atoms with Gasteiger partial charge in [0.2, 0.25) is 0 Å². The zero-order valence-corrected chi connectivity index (χ0v) is 9.48. The molecule has 74 valence electrons. The third kappa shape index (κ3) is 1.64. The minimum Gasteiger partial charge on any atom is -0.464 e. The van der Waals surface area contributed by atoms with Crippen LogP contribution in [0.15, 0.2) is 51.8 Å². The molecule has 3 rings (SSSR count). The van der Waals surface area contributed by atoms with E-state index in [-0.39, 0.29) is 0 Å². The first-order valence-corrected chi connectivity index (χ1v) is 6.36. The van der Waals surface area contributed by atoms with Gasteiger partial charge in [0.25, 0.3) is 0 Å². The van der Waals surface area contributed by atoms with Crippen LogP contribution < -0.4 is 0 Å². The van der Waals surface area contributed by atoms with Crippen LogP contribution in [0.2, 0.25) is 0 Å². The molecule has 0 amide bonds. The predicted octanol–water partition coefficient (Wildman–Crippen LogP) is 4.74. The fourth-order valence-corrected chi connectivity index (χ4v) is 3.12. The molecule has 0 aliphatic carbocycles. The second kappa shape index (κ2) is 3.68. The van der Waals surface area contributed by atoms with Gasteiger partial charge < -0.3 is 4.42 Å². The van der Waals surface area contributed by atoms with Crippen LogP contribution >= 0.6 is 22.7 Å².